The number of aromatic nitrogens is 1. The molecule has 0 N–H and O–H groups in total. The first kappa shape index (κ1) is 20.8. The zero-order valence-electron chi connectivity index (χ0n) is 16.8. The minimum Gasteiger partial charge on any atom is -0.486 e. The molecule has 0 aliphatic heterocycles. The highest BCUT2D eigenvalue weighted by molar-refractivity contribution is 6.10. The number of carbonyl (C=O) groups is 1. The molecule has 160 valence electrons. The summed E-state index contributed by atoms with van der Waals surface area (Å²) in [6.07, 6.45) is 6.80. The maximum atomic E-state index is 13.4. The molecule has 0 bridgehead atoms. The summed E-state index contributed by atoms with van der Waals surface area (Å²) in [7, 11) is 0. The summed E-state index contributed by atoms with van der Waals surface area (Å²) < 4.78 is 36.6. The molecule has 1 aliphatic carbocycles. The normalized spacial score (nSPS) is 13.9. The number of para-hydroxylation sites is 1. The van der Waals surface area contributed by atoms with Gasteiger partial charge in [0.05, 0.1) is 17.4 Å². The molecule has 1 amide bonds. The second kappa shape index (κ2) is 9.55. The molecule has 1 aliphatic rings. The van der Waals surface area contributed by atoms with Gasteiger partial charge in [-0.1, -0.05) is 18.2 Å². The minimum atomic E-state index is -2.97. The Bertz CT molecular complexity index is 1010. The van der Waals surface area contributed by atoms with Crippen molar-refractivity contribution in [1.29, 1.82) is 0 Å². The summed E-state index contributed by atoms with van der Waals surface area (Å²) in [6, 6.07) is 17.0. The first-order valence-corrected chi connectivity index (χ1v) is 10.2. The molecule has 0 unspecified atom stereocenters. The van der Waals surface area contributed by atoms with Crippen molar-refractivity contribution >= 4 is 17.3 Å². The largest absolute Gasteiger partial charge is 0.486 e. The summed E-state index contributed by atoms with van der Waals surface area (Å²) in [5, 5.41) is 0. The van der Waals surface area contributed by atoms with Gasteiger partial charge in [-0.25, -0.2) is 0 Å². The van der Waals surface area contributed by atoms with Crippen LogP contribution >= 0.6 is 0 Å². The van der Waals surface area contributed by atoms with Gasteiger partial charge in [-0.15, -0.1) is 0 Å². The number of carbonyl (C=O) groups excluding carboxylic acids is 1. The summed E-state index contributed by atoms with van der Waals surface area (Å²) in [5.41, 5.74) is 1.51. The molecule has 1 aromatic heterocycles. The summed E-state index contributed by atoms with van der Waals surface area (Å²) in [4.78, 5) is 18.9. The molecule has 1 heterocycles. The van der Waals surface area contributed by atoms with Crippen molar-refractivity contribution < 1.29 is 23.0 Å². The van der Waals surface area contributed by atoms with Crippen LogP contribution in [0.25, 0.3) is 0 Å². The van der Waals surface area contributed by atoms with Crippen molar-refractivity contribution in [3.05, 3.63) is 78.6 Å². The number of halogens is 2. The Kier molecular flexibility index (Phi) is 6.40. The van der Waals surface area contributed by atoms with Crippen LogP contribution in [-0.4, -0.2) is 23.6 Å². The van der Waals surface area contributed by atoms with Gasteiger partial charge in [0.1, 0.15) is 0 Å². The summed E-state index contributed by atoms with van der Waals surface area (Å²) in [5.74, 6) is -0.147. The fourth-order valence-corrected chi connectivity index (χ4v) is 3.69. The van der Waals surface area contributed by atoms with Gasteiger partial charge in [0.2, 0.25) is 0 Å². The van der Waals surface area contributed by atoms with E-state index in [0.29, 0.717) is 16.9 Å². The van der Waals surface area contributed by atoms with Gasteiger partial charge in [-0.2, -0.15) is 8.78 Å². The monoisotopic (exact) mass is 424 g/mol. The lowest BCUT2D eigenvalue weighted by molar-refractivity contribution is -0.0520. The quantitative estimate of drug-likeness (QED) is 0.468. The van der Waals surface area contributed by atoms with E-state index >= 15 is 0 Å². The number of anilines is 2. The Morgan fingerprint density at radius 3 is 2.42 bits per heavy atom. The lowest BCUT2D eigenvalue weighted by atomic mass is 10.1. The average Bonchev–Trinajstić information content (AvgIpc) is 3.30. The fraction of sp³-hybridized carbons (Fsp3) is 0.250. The van der Waals surface area contributed by atoms with Crippen LogP contribution in [0.1, 0.15) is 36.0 Å². The Morgan fingerprint density at radius 1 is 0.968 bits per heavy atom. The smallest absolute Gasteiger partial charge is 0.387 e. The van der Waals surface area contributed by atoms with Crippen molar-refractivity contribution in [3.63, 3.8) is 0 Å². The molecule has 0 spiro atoms. The van der Waals surface area contributed by atoms with Crippen LogP contribution in [0, 0.1) is 0 Å². The van der Waals surface area contributed by atoms with Crippen LogP contribution < -0.4 is 14.4 Å². The fourth-order valence-electron chi connectivity index (χ4n) is 3.69. The maximum Gasteiger partial charge on any atom is 0.387 e. The summed E-state index contributed by atoms with van der Waals surface area (Å²) in [6.45, 7) is -2.97. The van der Waals surface area contributed by atoms with Crippen LogP contribution in [0.5, 0.6) is 11.5 Å². The van der Waals surface area contributed by atoms with Crippen LogP contribution in [0.3, 0.4) is 0 Å². The number of hydrogen-bond donors (Lipinski definition) is 0. The number of alkyl halides is 2. The van der Waals surface area contributed by atoms with Crippen molar-refractivity contribution in [1.82, 2.24) is 4.98 Å². The number of hydrogen-bond acceptors (Lipinski definition) is 4. The number of amides is 1. The second-order valence-electron chi connectivity index (χ2n) is 7.25. The van der Waals surface area contributed by atoms with Crippen molar-refractivity contribution in [2.45, 2.75) is 38.4 Å². The Labute approximate surface area is 179 Å². The molecule has 0 radical (unpaired) electrons. The highest BCUT2D eigenvalue weighted by atomic mass is 19.3. The molecule has 1 saturated carbocycles. The maximum absolute atomic E-state index is 13.4. The topological polar surface area (TPSA) is 51.7 Å². The van der Waals surface area contributed by atoms with E-state index in [2.05, 4.69) is 9.72 Å². The van der Waals surface area contributed by atoms with E-state index in [9.17, 15) is 13.6 Å². The van der Waals surface area contributed by atoms with E-state index in [1.807, 2.05) is 18.2 Å². The molecule has 31 heavy (non-hydrogen) atoms. The van der Waals surface area contributed by atoms with Gasteiger partial charge in [0.15, 0.2) is 11.5 Å². The number of nitrogens with zero attached hydrogens (tertiary/aromatic N) is 2. The van der Waals surface area contributed by atoms with Gasteiger partial charge in [-0.05, 0) is 62.1 Å². The van der Waals surface area contributed by atoms with Crippen LogP contribution in [0.2, 0.25) is 0 Å². The van der Waals surface area contributed by atoms with Crippen LogP contribution in [0.15, 0.2) is 73.1 Å². The average molecular weight is 424 g/mol. The van der Waals surface area contributed by atoms with E-state index in [4.69, 9.17) is 4.74 Å². The molecule has 4 rings (SSSR count). The highest BCUT2D eigenvalue weighted by Gasteiger charge is 2.24. The molecular weight excluding hydrogens is 402 g/mol. The third-order valence-electron chi connectivity index (χ3n) is 5.12. The third kappa shape index (κ3) is 4.99. The van der Waals surface area contributed by atoms with Gasteiger partial charge in [-0.3, -0.25) is 14.7 Å². The standard InChI is InChI=1S/C24H22F2N2O3/c25-24(26)31-21-13-12-19(15-22(21)30-20-10-4-5-11-20)28(18-8-2-1-3-9-18)23(29)17-7-6-14-27-16-17/h1-3,6-9,12-16,20,24H,4-5,10-11H2. The first-order chi connectivity index (χ1) is 15.1. The highest BCUT2D eigenvalue weighted by Crippen LogP contribution is 2.38. The van der Waals surface area contributed by atoms with Crippen molar-refractivity contribution in [2.75, 3.05) is 4.90 Å². The predicted molar refractivity (Wildman–Crippen MR) is 113 cm³/mol. The number of rotatable bonds is 7. The molecule has 0 saturated heterocycles. The van der Waals surface area contributed by atoms with Gasteiger partial charge in [0, 0.05) is 24.1 Å². The number of ether oxygens (including phenoxy) is 2. The number of benzene rings is 2. The van der Waals surface area contributed by atoms with Gasteiger partial charge in [0.25, 0.3) is 5.91 Å². The van der Waals surface area contributed by atoms with E-state index in [-0.39, 0.29) is 23.5 Å². The molecule has 1 fully saturated rings. The van der Waals surface area contributed by atoms with E-state index in [1.54, 1.807) is 42.6 Å². The van der Waals surface area contributed by atoms with E-state index < -0.39 is 6.61 Å². The van der Waals surface area contributed by atoms with Gasteiger partial charge >= 0.3 is 6.61 Å². The first-order valence-electron chi connectivity index (χ1n) is 10.2. The lowest BCUT2D eigenvalue weighted by Gasteiger charge is -2.25. The Balaban J connectivity index is 1.75. The van der Waals surface area contributed by atoms with Crippen LogP contribution in [-0.2, 0) is 0 Å². The molecule has 5 nitrogen and oxygen atoms in total. The number of pyridine rings is 1. The van der Waals surface area contributed by atoms with Crippen molar-refractivity contribution in [3.8, 4) is 11.5 Å². The molecule has 7 heteroatoms. The predicted octanol–water partition coefficient (Wildman–Crippen LogP) is 5.98. The van der Waals surface area contributed by atoms with E-state index in [0.717, 1.165) is 25.7 Å². The SMILES string of the molecule is O=C(c1cccnc1)N(c1ccccc1)c1ccc(OC(F)F)c(OC2CCCC2)c1. The minimum absolute atomic E-state index is 0.0486. The Morgan fingerprint density at radius 2 is 1.74 bits per heavy atom. The summed E-state index contributed by atoms with van der Waals surface area (Å²) >= 11 is 0. The van der Waals surface area contributed by atoms with E-state index in [1.165, 1.54) is 17.2 Å². The molecule has 0 atom stereocenters. The van der Waals surface area contributed by atoms with Crippen molar-refractivity contribution in [2.24, 2.45) is 0 Å². The zero-order chi connectivity index (χ0) is 21.6. The molecule has 3 aromatic rings. The zero-order valence-corrected chi connectivity index (χ0v) is 16.8. The molecule has 2 aromatic carbocycles. The molecular formula is C24H22F2N2O3. The lowest BCUT2D eigenvalue weighted by Crippen LogP contribution is -2.26. The van der Waals surface area contributed by atoms with Crippen LogP contribution in [0.4, 0.5) is 20.2 Å². The Hall–Kier alpha value is -3.48. The van der Waals surface area contributed by atoms with Gasteiger partial charge < -0.3 is 9.47 Å². The third-order valence-corrected chi connectivity index (χ3v) is 5.12. The second-order valence-corrected chi connectivity index (χ2v) is 7.25.